The molecule has 0 saturated carbocycles. The monoisotopic (exact) mass is 364 g/mol. The third-order valence-electron chi connectivity index (χ3n) is 1.68. The van der Waals surface area contributed by atoms with E-state index in [1.807, 2.05) is 12.1 Å². The summed E-state index contributed by atoms with van der Waals surface area (Å²) in [4.78, 5) is 0. The summed E-state index contributed by atoms with van der Waals surface area (Å²) in [6.07, 6.45) is 0. The van der Waals surface area contributed by atoms with Crippen LogP contribution in [-0.4, -0.2) is 21.2 Å². The van der Waals surface area contributed by atoms with Gasteiger partial charge in [-0.15, -0.1) is 0 Å². The molecule has 11 heavy (non-hydrogen) atoms. The number of halogens is 1. The Morgan fingerprint density at radius 3 is 2.00 bits per heavy atom. The molecule has 0 bridgehead atoms. The van der Waals surface area contributed by atoms with Crippen molar-refractivity contribution in [2.75, 3.05) is 0 Å². The minimum atomic E-state index is -2.03. The molecule has 2 heteroatoms. The van der Waals surface area contributed by atoms with E-state index in [1.165, 1.54) is 3.12 Å². The van der Waals surface area contributed by atoms with E-state index in [1.54, 1.807) is 0 Å². The van der Waals surface area contributed by atoms with Crippen molar-refractivity contribution in [2.24, 2.45) is 0 Å². The van der Waals surface area contributed by atoms with Gasteiger partial charge in [-0.1, -0.05) is 0 Å². The summed E-state index contributed by atoms with van der Waals surface area (Å²) in [5, 5.41) is 0.960. The fourth-order valence-corrected chi connectivity index (χ4v) is 9.12. The van der Waals surface area contributed by atoms with E-state index in [2.05, 4.69) is 25.6 Å². The predicted molar refractivity (Wildman–Crippen MR) is 54.4 cm³/mol. The van der Waals surface area contributed by atoms with Crippen LogP contribution in [0.4, 0.5) is 0 Å². The van der Waals surface area contributed by atoms with E-state index in [9.17, 15) is 0 Å². The van der Waals surface area contributed by atoms with Crippen LogP contribution in [0.25, 0.3) is 0 Å². The molecule has 1 aromatic carbocycles. The maximum absolute atomic E-state index is 6.06. The molecule has 0 nitrogen and oxygen atoms in total. The Bertz CT molecular complexity index is 250. The van der Waals surface area contributed by atoms with Crippen molar-refractivity contribution < 1.29 is 0 Å². The van der Waals surface area contributed by atoms with Crippen LogP contribution in [0.3, 0.4) is 0 Å². The number of hydrogen-bond donors (Lipinski definition) is 0. The van der Waals surface area contributed by atoms with Gasteiger partial charge in [0, 0.05) is 0 Å². The van der Waals surface area contributed by atoms with Gasteiger partial charge < -0.3 is 0 Å². The second kappa shape index (κ2) is 3.44. The summed E-state index contributed by atoms with van der Waals surface area (Å²) < 4.78 is 8.58. The van der Waals surface area contributed by atoms with Crippen LogP contribution < -0.4 is 3.12 Å². The molecule has 0 N–H and O–H groups in total. The topological polar surface area (TPSA) is 0 Å². The SMILES string of the molecule is [CH3][Pb]([CH3])([CH3])[c]1ccccc1Cl. The molecule has 0 atom stereocenters. The van der Waals surface area contributed by atoms with Gasteiger partial charge in [-0.25, -0.2) is 0 Å². The van der Waals surface area contributed by atoms with Gasteiger partial charge in [-0.3, -0.25) is 0 Å². The standard InChI is InChI=1S/C6H4Cl.3CH3.Pb/c7-6-4-2-1-3-5-6;;;;/h1-4H;3*1H3;. The Morgan fingerprint density at radius 1 is 1.09 bits per heavy atom. The summed E-state index contributed by atoms with van der Waals surface area (Å²) in [6.45, 7) is 0. The van der Waals surface area contributed by atoms with E-state index in [-0.39, 0.29) is 0 Å². The van der Waals surface area contributed by atoms with Crippen LogP contribution in [0, 0.1) is 0 Å². The Labute approximate surface area is 78.2 Å². The van der Waals surface area contributed by atoms with Crippen LogP contribution in [0.2, 0.25) is 18.5 Å². The van der Waals surface area contributed by atoms with Crippen molar-refractivity contribution in [1.82, 2.24) is 0 Å². The van der Waals surface area contributed by atoms with Crippen LogP contribution in [-0.2, 0) is 0 Å². The summed E-state index contributed by atoms with van der Waals surface area (Å²) in [5.74, 6) is 0. The summed E-state index contributed by atoms with van der Waals surface area (Å²) in [6, 6.07) is 8.23. The zero-order chi connectivity index (χ0) is 8.48. The fourth-order valence-electron chi connectivity index (χ4n) is 1.07. The van der Waals surface area contributed by atoms with E-state index in [0.29, 0.717) is 0 Å². The van der Waals surface area contributed by atoms with Crippen LogP contribution in [0.1, 0.15) is 0 Å². The second-order valence-corrected chi connectivity index (χ2v) is 23.7. The zero-order valence-electron chi connectivity index (χ0n) is 7.19. The molecule has 0 aromatic heterocycles. The van der Waals surface area contributed by atoms with Crippen LogP contribution in [0.5, 0.6) is 0 Å². The van der Waals surface area contributed by atoms with Crippen molar-refractivity contribution in [2.45, 2.75) is 13.4 Å². The van der Waals surface area contributed by atoms with E-state index >= 15 is 0 Å². The molecular weight excluding hydrogens is 351 g/mol. The van der Waals surface area contributed by atoms with Crippen molar-refractivity contribution >= 4 is 35.9 Å². The van der Waals surface area contributed by atoms with E-state index < -0.39 is 21.2 Å². The predicted octanol–water partition coefficient (Wildman–Crippen LogP) is 2.89. The Morgan fingerprint density at radius 2 is 1.64 bits per heavy atom. The zero-order valence-corrected chi connectivity index (χ0v) is 11.8. The summed E-state index contributed by atoms with van der Waals surface area (Å²) in [7, 11) is 0. The normalized spacial score (nSPS) is 11.6. The average Bonchev–Trinajstić information content (AvgIpc) is 1.86. The Kier molecular flexibility index (Phi) is 2.97. The van der Waals surface area contributed by atoms with Crippen LogP contribution in [0.15, 0.2) is 24.3 Å². The van der Waals surface area contributed by atoms with Gasteiger partial charge in [0.25, 0.3) is 0 Å². The Hall–Kier alpha value is 0.432. The van der Waals surface area contributed by atoms with E-state index in [4.69, 9.17) is 11.6 Å². The third-order valence-corrected chi connectivity index (χ3v) is 10.6. The number of benzene rings is 1. The molecular formula is C9H13ClPb. The summed E-state index contributed by atoms with van der Waals surface area (Å²) in [5.41, 5.74) is 0. The van der Waals surface area contributed by atoms with Gasteiger partial charge in [-0.2, -0.15) is 0 Å². The molecule has 0 saturated heterocycles. The van der Waals surface area contributed by atoms with Gasteiger partial charge in [0.15, 0.2) is 0 Å². The first-order valence-corrected chi connectivity index (χ1v) is 17.8. The fraction of sp³-hybridized carbons (Fsp3) is 0.333. The Balaban J connectivity index is 3.14. The van der Waals surface area contributed by atoms with Crippen molar-refractivity contribution in [3.8, 4) is 0 Å². The molecule has 0 aliphatic rings. The van der Waals surface area contributed by atoms with Crippen molar-refractivity contribution in [1.29, 1.82) is 0 Å². The molecule has 0 amide bonds. The van der Waals surface area contributed by atoms with Gasteiger partial charge in [0.1, 0.15) is 0 Å². The molecule has 0 aliphatic heterocycles. The molecule has 0 radical (unpaired) electrons. The van der Waals surface area contributed by atoms with Gasteiger partial charge >= 0.3 is 78.6 Å². The van der Waals surface area contributed by atoms with Crippen molar-refractivity contribution in [3.63, 3.8) is 0 Å². The summed E-state index contributed by atoms with van der Waals surface area (Å²) >= 11 is 4.04. The number of rotatable bonds is 1. The molecule has 1 aromatic rings. The first-order valence-electron chi connectivity index (χ1n) is 3.77. The van der Waals surface area contributed by atoms with Gasteiger partial charge in [-0.05, 0) is 0 Å². The molecule has 0 aliphatic carbocycles. The second-order valence-electron chi connectivity index (χ2n) is 3.73. The quantitative estimate of drug-likeness (QED) is 0.673. The first kappa shape index (κ1) is 9.52. The average molecular weight is 364 g/mol. The molecule has 0 heterocycles. The maximum atomic E-state index is 6.06. The van der Waals surface area contributed by atoms with Gasteiger partial charge in [0.2, 0.25) is 0 Å². The van der Waals surface area contributed by atoms with Crippen molar-refractivity contribution in [3.05, 3.63) is 29.3 Å². The minimum absolute atomic E-state index is 0.960. The van der Waals surface area contributed by atoms with Crippen LogP contribution >= 0.6 is 11.6 Å². The molecule has 1 rings (SSSR count). The van der Waals surface area contributed by atoms with E-state index in [0.717, 1.165) is 5.02 Å². The third kappa shape index (κ3) is 2.44. The number of hydrogen-bond acceptors (Lipinski definition) is 0. The molecule has 0 spiro atoms. The molecule has 60 valence electrons. The molecule has 0 fully saturated rings. The van der Waals surface area contributed by atoms with Gasteiger partial charge in [0.05, 0.1) is 0 Å². The molecule has 0 unspecified atom stereocenters. The first-order chi connectivity index (χ1) is 5.02.